The molecule has 0 aromatic heterocycles. The van der Waals surface area contributed by atoms with Crippen LogP contribution >= 0.6 is 27.7 Å². The smallest absolute Gasteiger partial charge is 0.134 e. The third kappa shape index (κ3) is 4.45. The Morgan fingerprint density at radius 3 is 3.00 bits per heavy atom. The van der Waals surface area contributed by atoms with Crippen LogP contribution in [0.1, 0.15) is 12.0 Å². The lowest BCUT2D eigenvalue weighted by Gasteiger charge is -2.07. The first-order valence-electron chi connectivity index (χ1n) is 4.91. The van der Waals surface area contributed by atoms with Crippen LogP contribution in [0.25, 0.3) is 0 Å². The normalized spacial score (nSPS) is 10.5. The molecule has 0 saturated heterocycles. The molecule has 0 aliphatic heterocycles. The van der Waals surface area contributed by atoms with Crippen LogP contribution in [0.15, 0.2) is 22.7 Å². The summed E-state index contributed by atoms with van der Waals surface area (Å²) in [5, 5.41) is 13.0. The minimum Gasteiger partial charge on any atom is -0.506 e. The molecular weight excluding hydrogens is 274 g/mol. The maximum Gasteiger partial charge on any atom is 0.134 e. The van der Waals surface area contributed by atoms with Gasteiger partial charge in [0.2, 0.25) is 0 Å². The third-order valence-corrected chi connectivity index (χ3v) is 3.42. The number of para-hydroxylation sites is 1. The highest BCUT2D eigenvalue weighted by atomic mass is 79.9. The number of nitrogens with one attached hydrogen (secondary N) is 1. The van der Waals surface area contributed by atoms with E-state index in [1.807, 2.05) is 30.0 Å². The molecule has 2 N–H and O–H groups in total. The molecule has 0 aliphatic carbocycles. The standard InChI is InChI=1S/C11H16BrNOS/c1-15-7-3-6-13-8-9-4-2-5-10(12)11(9)14/h2,4-5,13-14H,3,6-8H2,1H3. The Morgan fingerprint density at radius 2 is 2.27 bits per heavy atom. The number of halogens is 1. The summed E-state index contributed by atoms with van der Waals surface area (Å²) in [5.41, 5.74) is 0.938. The van der Waals surface area contributed by atoms with Gasteiger partial charge in [-0.2, -0.15) is 11.8 Å². The Hall–Kier alpha value is -0.190. The molecule has 0 saturated carbocycles. The summed E-state index contributed by atoms with van der Waals surface area (Å²) in [5.74, 6) is 1.52. The third-order valence-electron chi connectivity index (χ3n) is 2.09. The van der Waals surface area contributed by atoms with E-state index in [1.54, 1.807) is 0 Å². The predicted molar refractivity (Wildman–Crippen MR) is 70.5 cm³/mol. The second-order valence-corrected chi connectivity index (χ2v) is 5.11. The fraction of sp³-hybridized carbons (Fsp3) is 0.455. The molecule has 84 valence electrons. The van der Waals surface area contributed by atoms with Crippen molar-refractivity contribution in [2.24, 2.45) is 0 Å². The fourth-order valence-electron chi connectivity index (χ4n) is 1.27. The van der Waals surface area contributed by atoms with E-state index >= 15 is 0 Å². The van der Waals surface area contributed by atoms with Gasteiger partial charge in [-0.15, -0.1) is 0 Å². The van der Waals surface area contributed by atoms with Gasteiger partial charge in [0.15, 0.2) is 0 Å². The largest absolute Gasteiger partial charge is 0.506 e. The molecule has 1 aromatic rings. The summed E-state index contributed by atoms with van der Waals surface area (Å²) >= 11 is 5.16. The minimum atomic E-state index is 0.342. The van der Waals surface area contributed by atoms with Gasteiger partial charge in [0.25, 0.3) is 0 Å². The summed E-state index contributed by atoms with van der Waals surface area (Å²) in [6, 6.07) is 5.71. The van der Waals surface area contributed by atoms with Crippen LogP contribution in [-0.2, 0) is 6.54 Å². The Labute approximate surface area is 104 Å². The molecule has 0 bridgehead atoms. The Balaban J connectivity index is 2.34. The summed E-state index contributed by atoms with van der Waals surface area (Å²) in [4.78, 5) is 0. The number of phenols is 1. The van der Waals surface area contributed by atoms with E-state index < -0.39 is 0 Å². The zero-order chi connectivity index (χ0) is 11.1. The minimum absolute atomic E-state index is 0.342. The quantitative estimate of drug-likeness (QED) is 0.790. The molecule has 0 atom stereocenters. The highest BCUT2D eigenvalue weighted by Gasteiger charge is 2.03. The lowest BCUT2D eigenvalue weighted by molar-refractivity contribution is 0.461. The molecule has 15 heavy (non-hydrogen) atoms. The number of hydrogen-bond donors (Lipinski definition) is 2. The van der Waals surface area contributed by atoms with Gasteiger partial charge in [-0.25, -0.2) is 0 Å². The van der Waals surface area contributed by atoms with Gasteiger partial charge in [-0.05, 0) is 47.0 Å². The van der Waals surface area contributed by atoms with Crippen molar-refractivity contribution in [1.29, 1.82) is 0 Å². The van der Waals surface area contributed by atoms with Crippen LogP contribution in [0, 0.1) is 0 Å². The van der Waals surface area contributed by atoms with E-state index in [1.165, 1.54) is 5.75 Å². The first kappa shape index (κ1) is 12.9. The molecule has 0 unspecified atom stereocenters. The second kappa shape index (κ2) is 7.14. The van der Waals surface area contributed by atoms with Crippen LogP contribution in [0.2, 0.25) is 0 Å². The molecule has 2 nitrogen and oxygen atoms in total. The predicted octanol–water partition coefficient (Wildman–Crippen LogP) is 3.00. The summed E-state index contributed by atoms with van der Waals surface area (Å²) < 4.78 is 0.755. The summed E-state index contributed by atoms with van der Waals surface area (Å²) in [7, 11) is 0. The van der Waals surface area contributed by atoms with Crippen LogP contribution < -0.4 is 5.32 Å². The van der Waals surface area contributed by atoms with E-state index in [0.29, 0.717) is 5.75 Å². The molecular formula is C11H16BrNOS. The molecule has 0 radical (unpaired) electrons. The average Bonchev–Trinajstić information content (AvgIpc) is 2.24. The van der Waals surface area contributed by atoms with Crippen LogP contribution in [0.4, 0.5) is 0 Å². The van der Waals surface area contributed by atoms with Gasteiger partial charge in [0.05, 0.1) is 4.47 Å². The number of hydrogen-bond acceptors (Lipinski definition) is 3. The Bertz CT molecular complexity index is 307. The van der Waals surface area contributed by atoms with E-state index in [-0.39, 0.29) is 0 Å². The monoisotopic (exact) mass is 289 g/mol. The average molecular weight is 290 g/mol. The first-order valence-corrected chi connectivity index (χ1v) is 7.10. The van der Waals surface area contributed by atoms with Gasteiger partial charge in [0.1, 0.15) is 5.75 Å². The maximum absolute atomic E-state index is 9.71. The molecule has 4 heteroatoms. The maximum atomic E-state index is 9.71. The van der Waals surface area contributed by atoms with Gasteiger partial charge >= 0.3 is 0 Å². The van der Waals surface area contributed by atoms with E-state index in [0.717, 1.165) is 29.5 Å². The van der Waals surface area contributed by atoms with E-state index in [2.05, 4.69) is 27.5 Å². The number of thioether (sulfide) groups is 1. The van der Waals surface area contributed by atoms with Crippen molar-refractivity contribution in [2.75, 3.05) is 18.6 Å². The highest BCUT2D eigenvalue weighted by Crippen LogP contribution is 2.27. The lowest BCUT2D eigenvalue weighted by Crippen LogP contribution is -2.15. The van der Waals surface area contributed by atoms with Crippen molar-refractivity contribution in [2.45, 2.75) is 13.0 Å². The zero-order valence-electron chi connectivity index (χ0n) is 8.79. The van der Waals surface area contributed by atoms with Crippen molar-refractivity contribution in [1.82, 2.24) is 5.32 Å². The van der Waals surface area contributed by atoms with Crippen molar-refractivity contribution < 1.29 is 5.11 Å². The van der Waals surface area contributed by atoms with Gasteiger partial charge < -0.3 is 10.4 Å². The van der Waals surface area contributed by atoms with E-state index in [9.17, 15) is 5.11 Å². The highest BCUT2D eigenvalue weighted by molar-refractivity contribution is 9.10. The second-order valence-electron chi connectivity index (χ2n) is 3.27. The summed E-state index contributed by atoms with van der Waals surface area (Å²) in [6.45, 7) is 1.71. The number of aromatic hydroxyl groups is 1. The molecule has 0 spiro atoms. The Kier molecular flexibility index (Phi) is 6.13. The first-order chi connectivity index (χ1) is 7.25. The van der Waals surface area contributed by atoms with Crippen molar-refractivity contribution in [3.63, 3.8) is 0 Å². The van der Waals surface area contributed by atoms with Crippen molar-refractivity contribution in [3.05, 3.63) is 28.2 Å². The molecule has 0 aliphatic rings. The Morgan fingerprint density at radius 1 is 1.47 bits per heavy atom. The number of phenolic OH excluding ortho intramolecular Hbond substituents is 1. The topological polar surface area (TPSA) is 32.3 Å². The SMILES string of the molecule is CSCCCNCc1cccc(Br)c1O. The van der Waals surface area contributed by atoms with Crippen LogP contribution in [0.3, 0.4) is 0 Å². The zero-order valence-corrected chi connectivity index (χ0v) is 11.2. The molecule has 0 fully saturated rings. The number of benzene rings is 1. The number of rotatable bonds is 6. The van der Waals surface area contributed by atoms with Crippen molar-refractivity contribution >= 4 is 27.7 Å². The van der Waals surface area contributed by atoms with Crippen molar-refractivity contribution in [3.8, 4) is 5.75 Å². The van der Waals surface area contributed by atoms with E-state index in [4.69, 9.17) is 0 Å². The van der Waals surface area contributed by atoms with Gasteiger partial charge in [-0.1, -0.05) is 12.1 Å². The molecule has 1 aromatic carbocycles. The van der Waals surface area contributed by atoms with Gasteiger partial charge in [-0.3, -0.25) is 0 Å². The lowest BCUT2D eigenvalue weighted by atomic mass is 10.2. The molecule has 1 rings (SSSR count). The van der Waals surface area contributed by atoms with Gasteiger partial charge in [0, 0.05) is 12.1 Å². The molecule has 0 heterocycles. The molecule has 0 amide bonds. The fourth-order valence-corrected chi connectivity index (χ4v) is 2.11. The van der Waals surface area contributed by atoms with Crippen LogP contribution in [0.5, 0.6) is 5.75 Å². The summed E-state index contributed by atoms with van der Waals surface area (Å²) in [6.07, 6.45) is 3.27. The van der Waals surface area contributed by atoms with Crippen LogP contribution in [-0.4, -0.2) is 23.7 Å².